The molecule has 9 heteroatoms. The number of fused-ring (bicyclic) bond motifs is 1. The number of benzene rings is 2. The lowest BCUT2D eigenvalue weighted by Crippen LogP contribution is -2.50. The van der Waals surface area contributed by atoms with Crippen molar-refractivity contribution in [2.45, 2.75) is 25.0 Å². The first-order chi connectivity index (χ1) is 16.8. The van der Waals surface area contributed by atoms with Gasteiger partial charge in [-0.05, 0) is 48.2 Å². The molecule has 3 N–H and O–H groups in total. The Morgan fingerprint density at radius 3 is 2.43 bits per heavy atom. The molecule has 4 aromatic rings. The molecule has 2 aromatic heterocycles. The Bertz CT molecular complexity index is 1470. The number of rotatable bonds is 5. The lowest BCUT2D eigenvalue weighted by atomic mass is 9.90. The predicted octanol–water partition coefficient (Wildman–Crippen LogP) is 1.93. The first-order valence-electron chi connectivity index (χ1n) is 11.4. The Kier molecular flexibility index (Phi) is 5.70. The van der Waals surface area contributed by atoms with Crippen molar-refractivity contribution in [3.63, 3.8) is 0 Å². The Balaban J connectivity index is 1.35. The van der Waals surface area contributed by atoms with E-state index < -0.39 is 11.5 Å². The molecule has 2 amide bonds. The fraction of sp³-hybridized carbons (Fsp3) is 0.231. The van der Waals surface area contributed by atoms with Gasteiger partial charge in [-0.15, -0.1) is 0 Å². The minimum absolute atomic E-state index is 0.0819. The molecule has 0 spiro atoms. The molecule has 0 aliphatic carbocycles. The summed E-state index contributed by atoms with van der Waals surface area (Å²) >= 11 is 0. The van der Waals surface area contributed by atoms with E-state index in [0.29, 0.717) is 5.52 Å². The minimum Gasteiger partial charge on any atom is -0.388 e. The summed E-state index contributed by atoms with van der Waals surface area (Å²) in [6.07, 6.45) is 3.66. The maximum atomic E-state index is 13.4. The summed E-state index contributed by atoms with van der Waals surface area (Å²) in [4.78, 5) is 39.8. The molecule has 9 nitrogen and oxygen atoms in total. The van der Waals surface area contributed by atoms with Crippen LogP contribution in [0.25, 0.3) is 16.6 Å². The van der Waals surface area contributed by atoms with Crippen LogP contribution in [0.5, 0.6) is 0 Å². The zero-order chi connectivity index (χ0) is 24.6. The van der Waals surface area contributed by atoms with Gasteiger partial charge in [-0.2, -0.15) is 5.10 Å². The number of piperidine rings is 1. The molecule has 3 heterocycles. The number of nitrogens with zero attached hydrogens (tertiary/aromatic N) is 4. The van der Waals surface area contributed by atoms with Gasteiger partial charge >= 0.3 is 0 Å². The normalized spacial score (nSPS) is 15.3. The van der Waals surface area contributed by atoms with Crippen LogP contribution >= 0.6 is 0 Å². The molecule has 2 aromatic carbocycles. The highest BCUT2D eigenvalue weighted by molar-refractivity contribution is 6.07. The monoisotopic (exact) mass is 471 g/mol. The Morgan fingerprint density at radius 1 is 0.971 bits per heavy atom. The van der Waals surface area contributed by atoms with Crippen molar-refractivity contribution in [1.29, 1.82) is 0 Å². The molecular formula is C26H25N5O4. The smallest absolute Gasteiger partial charge is 0.277 e. The molecule has 5 rings (SSSR count). The third-order valence-electron chi connectivity index (χ3n) is 6.59. The lowest BCUT2D eigenvalue weighted by Gasteiger charge is -2.38. The lowest BCUT2D eigenvalue weighted by molar-refractivity contribution is -0.0300. The van der Waals surface area contributed by atoms with Gasteiger partial charge in [0.05, 0.1) is 23.3 Å². The average Bonchev–Trinajstić information content (AvgIpc) is 3.36. The molecule has 0 bridgehead atoms. The van der Waals surface area contributed by atoms with Crippen LogP contribution in [-0.2, 0) is 6.54 Å². The van der Waals surface area contributed by atoms with E-state index in [9.17, 15) is 19.5 Å². The first-order valence-corrected chi connectivity index (χ1v) is 11.4. The van der Waals surface area contributed by atoms with E-state index in [-0.39, 0.29) is 55.1 Å². The van der Waals surface area contributed by atoms with E-state index in [1.807, 2.05) is 30.3 Å². The number of carbonyl (C=O) groups is 2. The van der Waals surface area contributed by atoms with E-state index in [0.717, 1.165) is 11.1 Å². The number of primary amides is 1. The molecule has 0 saturated carbocycles. The number of carbonyl (C=O) groups excluding carboxylic acids is 2. The zero-order valence-electron chi connectivity index (χ0n) is 19.0. The van der Waals surface area contributed by atoms with Crippen LogP contribution in [-0.4, -0.2) is 54.7 Å². The summed E-state index contributed by atoms with van der Waals surface area (Å²) in [7, 11) is 0. The molecule has 1 aliphatic heterocycles. The summed E-state index contributed by atoms with van der Waals surface area (Å²) < 4.78 is 2.89. The maximum Gasteiger partial charge on any atom is 0.277 e. The van der Waals surface area contributed by atoms with Gasteiger partial charge in [-0.25, -0.2) is 4.52 Å². The SMILES string of the molecule is NC(=O)c1ccc(-c2ccccc2)cc1C(=O)N1CCC(O)(Cn2cnn3cccc3c2=O)CC1. The predicted molar refractivity (Wildman–Crippen MR) is 130 cm³/mol. The van der Waals surface area contributed by atoms with Gasteiger partial charge in [0.1, 0.15) is 11.8 Å². The third kappa shape index (κ3) is 4.33. The van der Waals surface area contributed by atoms with Gasteiger partial charge < -0.3 is 15.7 Å². The fourth-order valence-corrected chi connectivity index (χ4v) is 4.59. The summed E-state index contributed by atoms with van der Waals surface area (Å²) in [6, 6.07) is 18.0. The summed E-state index contributed by atoms with van der Waals surface area (Å²) in [5.74, 6) is -0.985. The topological polar surface area (TPSA) is 123 Å². The van der Waals surface area contributed by atoms with Crippen LogP contribution in [0.1, 0.15) is 33.6 Å². The van der Waals surface area contributed by atoms with Crippen molar-refractivity contribution >= 4 is 17.3 Å². The minimum atomic E-state index is -1.16. The van der Waals surface area contributed by atoms with Crippen LogP contribution in [0, 0.1) is 0 Å². The van der Waals surface area contributed by atoms with Crippen LogP contribution in [0.4, 0.5) is 0 Å². The molecule has 0 radical (unpaired) electrons. The Morgan fingerprint density at radius 2 is 1.71 bits per heavy atom. The van der Waals surface area contributed by atoms with Crippen molar-refractivity contribution < 1.29 is 14.7 Å². The third-order valence-corrected chi connectivity index (χ3v) is 6.59. The van der Waals surface area contributed by atoms with Crippen molar-refractivity contribution in [3.8, 4) is 11.1 Å². The molecule has 1 fully saturated rings. The molecule has 178 valence electrons. The molecule has 0 atom stereocenters. The summed E-state index contributed by atoms with van der Waals surface area (Å²) in [5.41, 5.74) is 6.72. The summed E-state index contributed by atoms with van der Waals surface area (Å²) in [5, 5.41) is 15.4. The van der Waals surface area contributed by atoms with Gasteiger partial charge in [0.15, 0.2) is 0 Å². The molecular weight excluding hydrogens is 446 g/mol. The highest BCUT2D eigenvalue weighted by Crippen LogP contribution is 2.28. The maximum absolute atomic E-state index is 13.4. The van der Waals surface area contributed by atoms with E-state index in [2.05, 4.69) is 5.10 Å². The second kappa shape index (κ2) is 8.84. The van der Waals surface area contributed by atoms with Gasteiger partial charge in [-0.1, -0.05) is 36.4 Å². The van der Waals surface area contributed by atoms with E-state index in [1.165, 1.54) is 15.4 Å². The quantitative estimate of drug-likeness (QED) is 0.460. The average molecular weight is 472 g/mol. The van der Waals surface area contributed by atoms with Gasteiger partial charge in [0.2, 0.25) is 5.91 Å². The largest absolute Gasteiger partial charge is 0.388 e. The van der Waals surface area contributed by atoms with Gasteiger partial charge in [0, 0.05) is 19.3 Å². The van der Waals surface area contributed by atoms with Crippen molar-refractivity contribution in [2.75, 3.05) is 13.1 Å². The molecule has 0 unspecified atom stereocenters. The van der Waals surface area contributed by atoms with Crippen molar-refractivity contribution in [1.82, 2.24) is 19.1 Å². The van der Waals surface area contributed by atoms with Crippen molar-refractivity contribution in [3.05, 3.63) is 94.7 Å². The van der Waals surface area contributed by atoms with Crippen molar-refractivity contribution in [2.24, 2.45) is 5.73 Å². The first kappa shape index (κ1) is 22.5. The van der Waals surface area contributed by atoms with Crippen LogP contribution < -0.4 is 11.3 Å². The standard InChI is InChI=1S/C26H25N5O4/c27-23(32)20-9-8-19(18-5-2-1-3-6-18)15-21(20)24(33)29-13-10-26(35,11-14-29)16-30-17-28-31-12-4-7-22(31)25(30)34/h1-9,12,15,17,35H,10-11,13-14,16H2,(H2,27,32). The van der Waals surface area contributed by atoms with E-state index in [4.69, 9.17) is 5.73 Å². The second-order valence-corrected chi connectivity index (χ2v) is 8.91. The van der Waals surface area contributed by atoms with E-state index >= 15 is 0 Å². The van der Waals surface area contributed by atoms with Crippen LogP contribution in [0.3, 0.4) is 0 Å². The number of nitrogens with two attached hydrogens (primary N) is 1. The second-order valence-electron chi connectivity index (χ2n) is 8.91. The van der Waals surface area contributed by atoms with Crippen LogP contribution in [0.2, 0.25) is 0 Å². The number of amides is 2. The zero-order valence-corrected chi connectivity index (χ0v) is 19.0. The molecule has 1 saturated heterocycles. The highest BCUT2D eigenvalue weighted by atomic mass is 16.3. The van der Waals surface area contributed by atoms with Gasteiger partial charge in [0.25, 0.3) is 11.5 Å². The number of hydrogen-bond donors (Lipinski definition) is 2. The Labute approximate surface area is 201 Å². The fourth-order valence-electron chi connectivity index (χ4n) is 4.59. The van der Waals surface area contributed by atoms with Crippen LogP contribution in [0.15, 0.2) is 78.0 Å². The van der Waals surface area contributed by atoms with Gasteiger partial charge in [-0.3, -0.25) is 19.0 Å². The number of hydrogen-bond acceptors (Lipinski definition) is 5. The highest BCUT2D eigenvalue weighted by Gasteiger charge is 2.35. The number of likely N-dealkylation sites (tertiary alicyclic amines) is 1. The molecule has 35 heavy (non-hydrogen) atoms. The Hall–Kier alpha value is -4.24. The number of aliphatic hydroxyl groups is 1. The van der Waals surface area contributed by atoms with E-state index in [1.54, 1.807) is 41.4 Å². The molecule has 1 aliphatic rings. The summed E-state index contributed by atoms with van der Waals surface area (Å²) in [6.45, 7) is 0.635. The number of aromatic nitrogens is 3.